The van der Waals surface area contributed by atoms with Gasteiger partial charge in [0.25, 0.3) is 5.56 Å². The molecule has 1 aliphatic heterocycles. The average molecular weight is 475 g/mol. The number of likely N-dealkylation sites (tertiary alicyclic amines) is 1. The Balaban J connectivity index is 1.59. The van der Waals surface area contributed by atoms with E-state index < -0.39 is 5.69 Å². The highest BCUT2D eigenvalue weighted by atomic mass is 32.1. The van der Waals surface area contributed by atoms with Crippen LogP contribution in [0.5, 0.6) is 0 Å². The molecule has 2 fully saturated rings. The largest absolute Gasteiger partial charge is 0.359 e. The van der Waals surface area contributed by atoms with Gasteiger partial charge in [0, 0.05) is 32.1 Å². The molecule has 2 aliphatic rings. The highest BCUT2D eigenvalue weighted by Gasteiger charge is 2.29. The summed E-state index contributed by atoms with van der Waals surface area (Å²) < 4.78 is 3.34. The molecule has 3 heterocycles. The second kappa shape index (κ2) is 10.2. The van der Waals surface area contributed by atoms with Crippen molar-refractivity contribution in [3.63, 3.8) is 0 Å². The summed E-state index contributed by atoms with van der Waals surface area (Å²) >= 11 is 1.32. The van der Waals surface area contributed by atoms with Gasteiger partial charge in [-0.3, -0.25) is 23.5 Å². The average Bonchev–Trinajstić information content (AvgIpc) is 3.34. The Labute approximate surface area is 197 Å². The Kier molecular flexibility index (Phi) is 7.36. The molecular formula is C24H34N4O4S. The van der Waals surface area contributed by atoms with E-state index in [0.29, 0.717) is 16.8 Å². The Bertz CT molecular complexity index is 1130. The van der Waals surface area contributed by atoms with Crippen LogP contribution in [0.2, 0.25) is 0 Å². The fraction of sp³-hybridized carbons (Fsp3) is 0.667. The van der Waals surface area contributed by atoms with Crippen LogP contribution >= 0.6 is 11.3 Å². The zero-order chi connectivity index (χ0) is 23.5. The van der Waals surface area contributed by atoms with Crippen molar-refractivity contribution < 1.29 is 9.59 Å². The first kappa shape index (κ1) is 23.7. The van der Waals surface area contributed by atoms with Crippen molar-refractivity contribution in [2.75, 3.05) is 13.6 Å². The fourth-order valence-electron chi connectivity index (χ4n) is 5.50. The van der Waals surface area contributed by atoms with Crippen LogP contribution in [0.15, 0.2) is 21.0 Å². The van der Waals surface area contributed by atoms with E-state index in [9.17, 15) is 19.2 Å². The highest BCUT2D eigenvalue weighted by Crippen LogP contribution is 2.30. The molecule has 0 radical (unpaired) electrons. The third-order valence-corrected chi connectivity index (χ3v) is 8.34. The van der Waals surface area contributed by atoms with Gasteiger partial charge in [-0.05, 0) is 68.7 Å². The predicted octanol–water partition coefficient (Wildman–Crippen LogP) is 2.57. The molecule has 0 bridgehead atoms. The molecule has 1 aliphatic carbocycles. The third kappa shape index (κ3) is 4.78. The van der Waals surface area contributed by atoms with E-state index in [4.69, 9.17) is 0 Å². The summed E-state index contributed by atoms with van der Waals surface area (Å²) in [4.78, 5) is 53.7. The number of carbonyl (C=O) groups excluding carboxylic acids is 2. The topological polar surface area (TPSA) is 93.4 Å². The van der Waals surface area contributed by atoms with Crippen molar-refractivity contribution in [1.82, 2.24) is 19.4 Å². The summed E-state index contributed by atoms with van der Waals surface area (Å²) in [5.41, 5.74) is -0.128. The maximum Gasteiger partial charge on any atom is 0.332 e. The minimum absolute atomic E-state index is 0.00748. The number of piperidine rings is 1. The number of hydrogen-bond donors (Lipinski definition) is 1. The van der Waals surface area contributed by atoms with Crippen molar-refractivity contribution in [2.24, 2.45) is 11.8 Å². The lowest BCUT2D eigenvalue weighted by atomic mass is 9.81. The van der Waals surface area contributed by atoms with Crippen LogP contribution in [-0.2, 0) is 22.7 Å². The summed E-state index contributed by atoms with van der Waals surface area (Å²) in [6, 6.07) is 1.99. The molecular weight excluding hydrogens is 440 g/mol. The molecule has 1 saturated heterocycles. The molecule has 8 nitrogen and oxygen atoms in total. The van der Waals surface area contributed by atoms with Gasteiger partial charge in [0.2, 0.25) is 11.8 Å². The van der Waals surface area contributed by atoms with Gasteiger partial charge in [0.15, 0.2) is 0 Å². The number of thiophene rings is 1. The van der Waals surface area contributed by atoms with Gasteiger partial charge in [-0.25, -0.2) is 4.79 Å². The fourth-order valence-corrected chi connectivity index (χ4v) is 6.34. The number of hydrogen-bond acceptors (Lipinski definition) is 5. The molecule has 1 N–H and O–H groups in total. The van der Waals surface area contributed by atoms with Gasteiger partial charge in [-0.2, -0.15) is 0 Å². The Hall–Kier alpha value is -2.42. The Morgan fingerprint density at radius 3 is 2.55 bits per heavy atom. The first-order chi connectivity index (χ1) is 15.9. The summed E-state index contributed by atoms with van der Waals surface area (Å²) in [6.07, 6.45) is 7.17. The zero-order valence-electron chi connectivity index (χ0n) is 19.5. The molecule has 1 saturated carbocycles. The van der Waals surface area contributed by atoms with Crippen LogP contribution < -0.4 is 16.6 Å². The zero-order valence-corrected chi connectivity index (χ0v) is 20.4. The van der Waals surface area contributed by atoms with E-state index >= 15 is 0 Å². The van der Waals surface area contributed by atoms with Crippen LogP contribution in [0.25, 0.3) is 10.2 Å². The standard InChI is InChI=1S/C24H34N4O4S/c1-3-18-6-4-5-12-26(18)20(29)15-27-19-11-13-33-21(19)23(31)28(24(27)32)14-16-7-9-17(10-8-16)22(30)25-2/h11,13,16-18H,3-10,12,14-15H2,1-2H3,(H,25,30)/t16?,17?,18-/m0/s1. The van der Waals surface area contributed by atoms with Crippen LogP contribution in [-0.4, -0.2) is 45.5 Å². The minimum Gasteiger partial charge on any atom is -0.359 e. The molecule has 33 heavy (non-hydrogen) atoms. The number of aromatic nitrogens is 2. The molecule has 9 heteroatoms. The summed E-state index contributed by atoms with van der Waals surface area (Å²) in [6.45, 7) is 3.12. The van der Waals surface area contributed by atoms with Crippen LogP contribution in [0.3, 0.4) is 0 Å². The first-order valence-electron chi connectivity index (χ1n) is 12.2. The number of rotatable bonds is 6. The van der Waals surface area contributed by atoms with E-state index in [1.807, 2.05) is 4.90 Å². The maximum atomic E-state index is 13.5. The quantitative estimate of drug-likeness (QED) is 0.696. The van der Waals surface area contributed by atoms with Gasteiger partial charge < -0.3 is 10.2 Å². The van der Waals surface area contributed by atoms with E-state index in [0.717, 1.165) is 57.9 Å². The molecule has 2 aromatic rings. The van der Waals surface area contributed by atoms with Gasteiger partial charge >= 0.3 is 5.69 Å². The molecule has 2 amide bonds. The molecule has 1 atom stereocenters. The molecule has 0 aromatic carbocycles. The Morgan fingerprint density at radius 1 is 1.09 bits per heavy atom. The lowest BCUT2D eigenvalue weighted by molar-refractivity contribution is -0.135. The molecule has 0 unspecified atom stereocenters. The van der Waals surface area contributed by atoms with Crippen molar-refractivity contribution in [3.8, 4) is 0 Å². The number of fused-ring (bicyclic) bond motifs is 1. The van der Waals surface area contributed by atoms with Crippen LogP contribution in [0, 0.1) is 11.8 Å². The molecule has 180 valence electrons. The number of carbonyl (C=O) groups is 2. The molecule has 0 spiro atoms. The van der Waals surface area contributed by atoms with E-state index in [1.54, 1.807) is 18.5 Å². The van der Waals surface area contributed by atoms with Gasteiger partial charge in [0.05, 0.1) is 5.52 Å². The van der Waals surface area contributed by atoms with E-state index in [-0.39, 0.29) is 41.8 Å². The monoisotopic (exact) mass is 474 g/mol. The summed E-state index contributed by atoms with van der Waals surface area (Å²) in [5.74, 6) is 0.194. The lowest BCUT2D eigenvalue weighted by Crippen LogP contribution is -2.48. The molecule has 2 aromatic heterocycles. The van der Waals surface area contributed by atoms with Gasteiger partial charge in [-0.1, -0.05) is 6.92 Å². The predicted molar refractivity (Wildman–Crippen MR) is 130 cm³/mol. The van der Waals surface area contributed by atoms with Crippen molar-refractivity contribution in [1.29, 1.82) is 0 Å². The first-order valence-corrected chi connectivity index (χ1v) is 13.0. The second-order valence-corrected chi connectivity index (χ2v) is 10.3. The van der Waals surface area contributed by atoms with Crippen molar-refractivity contribution in [3.05, 3.63) is 32.3 Å². The number of amides is 2. The SMILES string of the molecule is CC[C@H]1CCCCN1C(=O)Cn1c(=O)n(CC2CCC(C(=O)NC)CC2)c(=O)c2sccc21. The summed E-state index contributed by atoms with van der Waals surface area (Å²) in [5, 5.41) is 4.52. The number of nitrogens with one attached hydrogen (secondary N) is 1. The Morgan fingerprint density at radius 2 is 1.85 bits per heavy atom. The minimum atomic E-state index is -0.405. The maximum absolute atomic E-state index is 13.5. The molecule has 4 rings (SSSR count). The second-order valence-electron chi connectivity index (χ2n) is 9.40. The third-order valence-electron chi connectivity index (χ3n) is 7.45. The smallest absolute Gasteiger partial charge is 0.332 e. The lowest BCUT2D eigenvalue weighted by Gasteiger charge is -2.35. The van der Waals surface area contributed by atoms with Crippen molar-refractivity contribution >= 4 is 33.4 Å². The van der Waals surface area contributed by atoms with E-state index in [2.05, 4.69) is 12.2 Å². The van der Waals surface area contributed by atoms with Gasteiger partial charge in [-0.15, -0.1) is 11.3 Å². The van der Waals surface area contributed by atoms with Crippen LogP contribution in [0.1, 0.15) is 58.3 Å². The van der Waals surface area contributed by atoms with Gasteiger partial charge in [0.1, 0.15) is 11.2 Å². The number of nitrogens with zero attached hydrogens (tertiary/aromatic N) is 3. The van der Waals surface area contributed by atoms with Crippen molar-refractivity contribution in [2.45, 2.75) is 77.4 Å². The van der Waals surface area contributed by atoms with E-state index in [1.165, 1.54) is 20.5 Å². The normalized spacial score (nSPS) is 23.6. The highest BCUT2D eigenvalue weighted by molar-refractivity contribution is 7.17. The van der Waals surface area contributed by atoms with Crippen LogP contribution in [0.4, 0.5) is 0 Å². The summed E-state index contributed by atoms with van der Waals surface area (Å²) in [7, 11) is 1.65.